The Kier molecular flexibility index (Phi) is 2.46. The van der Waals surface area contributed by atoms with Crippen molar-refractivity contribution in [1.29, 1.82) is 0 Å². The average Bonchev–Trinajstić information content (AvgIpc) is 2.45. The molecule has 2 nitrogen and oxygen atoms in total. The lowest BCUT2D eigenvalue weighted by Crippen LogP contribution is -2.23. The fourth-order valence-corrected chi connectivity index (χ4v) is 1.93. The number of nitrogens with zero attached hydrogens (tertiary/aromatic N) is 2. The molecule has 0 radical (unpaired) electrons. The van der Waals surface area contributed by atoms with Gasteiger partial charge in [-0.2, -0.15) is 5.10 Å². The maximum absolute atomic E-state index is 13.5. The molecule has 1 aromatic carbocycles. The van der Waals surface area contributed by atoms with Crippen molar-refractivity contribution >= 4 is 22.5 Å². The van der Waals surface area contributed by atoms with Crippen molar-refractivity contribution < 1.29 is 4.39 Å². The SMILES string of the molecule is Cc1nn(C(C)(C)C)c2cc(F)c(Cl)cc12. The van der Waals surface area contributed by atoms with Gasteiger partial charge in [-0.05, 0) is 33.8 Å². The summed E-state index contributed by atoms with van der Waals surface area (Å²) in [6.45, 7) is 8.00. The molecule has 0 aliphatic rings. The van der Waals surface area contributed by atoms with Crippen LogP contribution in [0.1, 0.15) is 26.5 Å². The van der Waals surface area contributed by atoms with Crippen LogP contribution in [0.2, 0.25) is 5.02 Å². The largest absolute Gasteiger partial charge is 0.259 e. The van der Waals surface area contributed by atoms with Gasteiger partial charge in [-0.15, -0.1) is 0 Å². The van der Waals surface area contributed by atoms with Gasteiger partial charge in [0.15, 0.2) is 0 Å². The van der Waals surface area contributed by atoms with Crippen LogP contribution in [0.5, 0.6) is 0 Å². The van der Waals surface area contributed by atoms with Gasteiger partial charge in [0.25, 0.3) is 0 Å². The van der Waals surface area contributed by atoms with Crippen molar-refractivity contribution in [1.82, 2.24) is 9.78 Å². The molecule has 0 atom stereocenters. The average molecular weight is 241 g/mol. The molecule has 0 N–H and O–H groups in total. The van der Waals surface area contributed by atoms with Crippen molar-refractivity contribution in [3.8, 4) is 0 Å². The van der Waals surface area contributed by atoms with Crippen molar-refractivity contribution in [3.05, 3.63) is 28.7 Å². The Morgan fingerprint density at radius 2 is 1.94 bits per heavy atom. The van der Waals surface area contributed by atoms with E-state index in [2.05, 4.69) is 5.10 Å². The summed E-state index contributed by atoms with van der Waals surface area (Å²) in [5.74, 6) is -0.403. The van der Waals surface area contributed by atoms with Crippen molar-refractivity contribution in [2.24, 2.45) is 0 Å². The molecule has 1 heterocycles. The topological polar surface area (TPSA) is 17.8 Å². The summed E-state index contributed by atoms with van der Waals surface area (Å²) in [6, 6.07) is 3.08. The third-order valence-electron chi connectivity index (χ3n) is 2.54. The number of fused-ring (bicyclic) bond motifs is 1. The van der Waals surface area contributed by atoms with Crippen LogP contribution < -0.4 is 0 Å². The Bertz CT molecular complexity index is 552. The first-order valence-electron chi connectivity index (χ1n) is 5.15. The van der Waals surface area contributed by atoms with E-state index in [1.54, 1.807) is 6.07 Å². The first kappa shape index (κ1) is 11.4. The van der Waals surface area contributed by atoms with Crippen molar-refractivity contribution in [2.45, 2.75) is 33.2 Å². The van der Waals surface area contributed by atoms with Gasteiger partial charge in [0.05, 0.1) is 21.8 Å². The molecule has 2 aromatic rings. The van der Waals surface area contributed by atoms with Crippen LogP contribution in [0.15, 0.2) is 12.1 Å². The lowest BCUT2D eigenvalue weighted by atomic mass is 10.1. The molecule has 0 spiro atoms. The molecule has 2 rings (SSSR count). The highest BCUT2D eigenvalue weighted by Gasteiger charge is 2.19. The maximum atomic E-state index is 13.5. The van der Waals surface area contributed by atoms with E-state index in [9.17, 15) is 4.39 Å². The minimum Gasteiger partial charge on any atom is -0.259 e. The molecule has 0 saturated heterocycles. The van der Waals surface area contributed by atoms with E-state index >= 15 is 0 Å². The Morgan fingerprint density at radius 3 is 2.50 bits per heavy atom. The van der Waals surface area contributed by atoms with Crippen LogP contribution in [-0.2, 0) is 5.54 Å². The van der Waals surface area contributed by atoms with Crippen LogP contribution >= 0.6 is 11.6 Å². The number of aromatic nitrogens is 2. The summed E-state index contributed by atoms with van der Waals surface area (Å²) >= 11 is 5.77. The van der Waals surface area contributed by atoms with Crippen LogP contribution in [0.25, 0.3) is 10.9 Å². The zero-order chi connectivity index (χ0) is 12.1. The standard InChI is InChI=1S/C12H14ClFN2/c1-7-8-5-9(13)10(14)6-11(8)16(15-7)12(2,3)4/h5-6H,1-4H3. The van der Waals surface area contributed by atoms with Crippen molar-refractivity contribution in [3.63, 3.8) is 0 Å². The summed E-state index contributed by atoms with van der Waals surface area (Å²) in [5, 5.41) is 5.48. The summed E-state index contributed by atoms with van der Waals surface area (Å²) in [5.41, 5.74) is 1.48. The minimum atomic E-state index is -0.403. The van der Waals surface area contributed by atoms with Crippen molar-refractivity contribution in [2.75, 3.05) is 0 Å². The van der Waals surface area contributed by atoms with E-state index in [-0.39, 0.29) is 10.6 Å². The lowest BCUT2D eigenvalue weighted by Gasteiger charge is -2.20. The first-order valence-corrected chi connectivity index (χ1v) is 5.53. The Morgan fingerprint density at radius 1 is 1.31 bits per heavy atom. The Balaban J connectivity index is 2.84. The summed E-state index contributed by atoms with van der Waals surface area (Å²) in [6.07, 6.45) is 0. The van der Waals surface area contributed by atoms with Gasteiger partial charge in [-0.25, -0.2) is 4.39 Å². The smallest absolute Gasteiger partial charge is 0.143 e. The number of halogens is 2. The summed E-state index contributed by atoms with van der Waals surface area (Å²) in [4.78, 5) is 0. The van der Waals surface area contributed by atoms with E-state index in [0.717, 1.165) is 16.6 Å². The van der Waals surface area contributed by atoms with E-state index in [1.165, 1.54) is 6.07 Å². The molecule has 0 unspecified atom stereocenters. The second-order valence-electron chi connectivity index (χ2n) is 4.95. The van der Waals surface area contributed by atoms with Gasteiger partial charge in [0, 0.05) is 11.5 Å². The molecule has 86 valence electrons. The fraction of sp³-hybridized carbons (Fsp3) is 0.417. The molecule has 16 heavy (non-hydrogen) atoms. The molecule has 0 saturated carbocycles. The summed E-state index contributed by atoms with van der Waals surface area (Å²) in [7, 11) is 0. The molecule has 0 aliphatic heterocycles. The maximum Gasteiger partial charge on any atom is 0.143 e. The number of hydrogen-bond acceptors (Lipinski definition) is 1. The zero-order valence-corrected chi connectivity index (χ0v) is 10.6. The molecule has 0 fully saturated rings. The third-order valence-corrected chi connectivity index (χ3v) is 2.83. The van der Waals surface area contributed by atoms with Crippen LogP contribution in [0.4, 0.5) is 4.39 Å². The van der Waals surface area contributed by atoms with E-state index in [4.69, 9.17) is 11.6 Å². The lowest BCUT2D eigenvalue weighted by molar-refractivity contribution is 0.366. The molecule has 1 aromatic heterocycles. The first-order chi connectivity index (χ1) is 7.30. The molecule has 0 amide bonds. The van der Waals surface area contributed by atoms with Crippen LogP contribution in [-0.4, -0.2) is 9.78 Å². The number of hydrogen-bond donors (Lipinski definition) is 0. The highest BCUT2D eigenvalue weighted by molar-refractivity contribution is 6.31. The zero-order valence-electron chi connectivity index (χ0n) is 9.81. The predicted octanol–water partition coefficient (Wildman–Crippen LogP) is 3.89. The second-order valence-corrected chi connectivity index (χ2v) is 5.36. The molecular formula is C12H14ClFN2. The van der Waals surface area contributed by atoms with E-state index < -0.39 is 5.82 Å². The van der Waals surface area contributed by atoms with Gasteiger partial charge in [-0.1, -0.05) is 11.6 Å². The predicted molar refractivity (Wildman–Crippen MR) is 64.4 cm³/mol. The van der Waals surface area contributed by atoms with Crippen LogP contribution in [0.3, 0.4) is 0 Å². The monoisotopic (exact) mass is 240 g/mol. The minimum absolute atomic E-state index is 0.143. The van der Waals surface area contributed by atoms with Gasteiger partial charge in [0.1, 0.15) is 5.82 Å². The third kappa shape index (κ3) is 1.69. The highest BCUT2D eigenvalue weighted by Crippen LogP contribution is 2.28. The number of benzene rings is 1. The van der Waals surface area contributed by atoms with E-state index in [0.29, 0.717) is 0 Å². The second kappa shape index (κ2) is 3.45. The van der Waals surface area contributed by atoms with Gasteiger partial charge in [-0.3, -0.25) is 4.68 Å². The number of rotatable bonds is 0. The normalized spacial score (nSPS) is 12.4. The number of aryl methyl sites for hydroxylation is 1. The molecule has 0 aliphatic carbocycles. The molecular weight excluding hydrogens is 227 g/mol. The van der Waals surface area contributed by atoms with Gasteiger partial charge in [0.2, 0.25) is 0 Å². The van der Waals surface area contributed by atoms with Crippen LogP contribution in [0, 0.1) is 12.7 Å². The quantitative estimate of drug-likeness (QED) is 0.683. The Hall–Kier alpha value is -1.09. The highest BCUT2D eigenvalue weighted by atomic mass is 35.5. The van der Waals surface area contributed by atoms with Gasteiger partial charge >= 0.3 is 0 Å². The molecule has 4 heteroatoms. The fourth-order valence-electron chi connectivity index (χ4n) is 1.77. The van der Waals surface area contributed by atoms with E-state index in [1.807, 2.05) is 32.4 Å². The molecule has 0 bridgehead atoms. The van der Waals surface area contributed by atoms with Gasteiger partial charge < -0.3 is 0 Å². The summed E-state index contributed by atoms with van der Waals surface area (Å²) < 4.78 is 15.3. The Labute approximate surface area is 99.0 Å².